The van der Waals surface area contributed by atoms with E-state index in [9.17, 15) is 116 Å². The van der Waals surface area contributed by atoms with E-state index < -0.39 is 253 Å². The number of methoxy groups -OCH3 is 2. The average Bonchev–Trinajstić information content (AvgIpc) is 3.62. The van der Waals surface area contributed by atoms with Crippen molar-refractivity contribution in [1.82, 2.24) is 16.0 Å². The highest BCUT2D eigenvalue weighted by molar-refractivity contribution is 5.79. The molecule has 5 rings (SSSR count). The number of aliphatic carboxylic acids is 2. The van der Waals surface area contributed by atoms with Gasteiger partial charge in [-0.15, -0.1) is 0 Å². The van der Waals surface area contributed by atoms with Crippen LogP contribution in [0.25, 0.3) is 0 Å². The summed E-state index contributed by atoms with van der Waals surface area (Å²) in [5.41, 5.74) is 0. The summed E-state index contributed by atoms with van der Waals surface area (Å²) in [5.74, 6) is -14.4. The Balaban J connectivity index is 1.64. The van der Waals surface area contributed by atoms with Crippen LogP contribution in [-0.4, -0.2) is 347 Å². The van der Waals surface area contributed by atoms with Crippen LogP contribution in [0.5, 0.6) is 0 Å². The van der Waals surface area contributed by atoms with E-state index in [-0.39, 0.29) is 0 Å². The van der Waals surface area contributed by atoms with E-state index in [0.29, 0.717) is 0 Å². The van der Waals surface area contributed by atoms with E-state index in [1.165, 1.54) is 0 Å². The van der Waals surface area contributed by atoms with Gasteiger partial charge in [-0.1, -0.05) is 0 Å². The maximum Gasteiger partial charge on any atom is 0.364 e. The third-order valence-corrected chi connectivity index (χ3v) is 14.2. The first-order valence-corrected chi connectivity index (χ1v) is 25.0. The van der Waals surface area contributed by atoms with Crippen molar-refractivity contribution < 1.29 is 168 Å². The van der Waals surface area contributed by atoms with Crippen LogP contribution in [-0.2, 0) is 76.1 Å². The summed E-state index contributed by atoms with van der Waals surface area (Å²) in [6.45, 7) is -7.06. The number of amides is 3. The van der Waals surface area contributed by atoms with Gasteiger partial charge >= 0.3 is 11.9 Å². The van der Waals surface area contributed by atoms with Crippen LogP contribution in [0.1, 0.15) is 19.8 Å². The zero-order chi connectivity index (χ0) is 60.6. The molecule has 21 N–H and O–H groups in total. The Hall–Kier alpha value is -3.73. The standard InChI is InChI=1S/C44H73N3O34/c1-13(54)45-25-36(81-44(42(69)70)5-15(56)24(47-22(58)11-53)35(80-44)27(60)17(7-49)72-3)29(62)20(12-73-43(41(67)68)4-14(55)23(46-21(57)10-52)34(79-43)26(59)16(6-48)71-2)76-39(25)78-37-28(61)18(8-50)75-40(32(37)65)77-33-19(9-51)74-38(66)31(64)30(33)63/h14-20,23-40,48-53,55-56,59-66H,4-12H2,1-3H3,(H,45,54)(H,46,57)(H,47,58)(H,67,68)(H,69,70)/t14-,15-,16+,17+,18+,19+,20+,23+,24+,25+,26+,27+,28-,29-,30+,31+,32+,33+,34+,35+,36+,37-,38+,39-,40-,43+,44-/m0/s1. The summed E-state index contributed by atoms with van der Waals surface area (Å²) in [7, 11) is 1.99. The predicted molar refractivity (Wildman–Crippen MR) is 248 cm³/mol. The number of nitrogens with one attached hydrogen (secondary N) is 3. The van der Waals surface area contributed by atoms with Gasteiger partial charge in [0.05, 0.1) is 57.3 Å². The molecule has 37 heteroatoms. The van der Waals surface area contributed by atoms with Crippen LogP contribution < -0.4 is 16.0 Å². The predicted octanol–water partition coefficient (Wildman–Crippen LogP) is -13.8. The third kappa shape index (κ3) is 15.0. The molecule has 5 saturated heterocycles. The van der Waals surface area contributed by atoms with Crippen molar-refractivity contribution in [1.29, 1.82) is 0 Å². The zero-order valence-corrected chi connectivity index (χ0v) is 43.4. The molecule has 0 aromatic rings. The SMILES string of the molecule is CO[C@H](CO)[C@@H](O)[C@@H]1O[C@@](OC[C@H]2O[C@@H](O[C@H]3[C@@H](O)[C@@H](CO)O[C@@H](O[C@H]4[C@H](O)[C@@H](O)[C@H](O)O[C@@H]4CO)[C@@H]3O)[C@H](NC(C)=O)[C@@H](O[C@]3(C(=O)O)C[C@H](O)[C@@H](NC(=O)CO)[C@H]([C@H](O)[C@@H](CO)OC)O3)[C@H]2O)(C(=O)O)C[C@H](O)[C@H]1NC(=O)CO. The third-order valence-electron chi connectivity index (χ3n) is 14.2. The van der Waals surface area contributed by atoms with E-state index in [2.05, 4.69) is 16.0 Å². The second-order valence-corrected chi connectivity index (χ2v) is 19.5. The Morgan fingerprint density at radius 2 is 1.02 bits per heavy atom. The summed E-state index contributed by atoms with van der Waals surface area (Å²) in [6.07, 6.45) is -49.1. The molecule has 5 aliphatic heterocycles. The molecule has 3 amide bonds. The molecule has 5 aliphatic rings. The minimum absolute atomic E-state index is 0.850. The van der Waals surface area contributed by atoms with Gasteiger partial charge in [0.1, 0.15) is 123 Å². The van der Waals surface area contributed by atoms with E-state index in [0.717, 1.165) is 21.1 Å². The number of aliphatic hydroxyl groups excluding tert-OH is 16. The maximum absolute atomic E-state index is 13.6. The fourth-order valence-electron chi connectivity index (χ4n) is 9.94. The second kappa shape index (κ2) is 29.4. The topological polar surface area (TPSA) is 587 Å². The number of hydrogen-bond donors (Lipinski definition) is 21. The van der Waals surface area contributed by atoms with Crippen molar-refractivity contribution in [3.8, 4) is 0 Å². The lowest BCUT2D eigenvalue weighted by Crippen LogP contribution is -2.73. The largest absolute Gasteiger partial charge is 0.477 e. The van der Waals surface area contributed by atoms with Gasteiger partial charge in [-0.25, -0.2) is 9.59 Å². The molecule has 0 radical (unpaired) electrons. The number of aliphatic hydroxyl groups is 16. The lowest BCUT2D eigenvalue weighted by atomic mass is 9.87. The van der Waals surface area contributed by atoms with Crippen molar-refractivity contribution in [3.63, 3.8) is 0 Å². The summed E-state index contributed by atoms with van der Waals surface area (Å²) < 4.78 is 62.0. The number of carbonyl (C=O) groups excluding carboxylic acids is 3. The van der Waals surface area contributed by atoms with Gasteiger partial charge in [0.25, 0.3) is 11.6 Å². The zero-order valence-electron chi connectivity index (χ0n) is 43.4. The van der Waals surface area contributed by atoms with Crippen LogP contribution >= 0.6 is 0 Å². The molecule has 0 aliphatic carbocycles. The summed E-state index contributed by atoms with van der Waals surface area (Å²) >= 11 is 0. The van der Waals surface area contributed by atoms with Gasteiger partial charge in [0, 0.05) is 34.0 Å². The van der Waals surface area contributed by atoms with Crippen molar-refractivity contribution >= 4 is 29.7 Å². The first-order chi connectivity index (χ1) is 38.2. The van der Waals surface area contributed by atoms with Crippen molar-refractivity contribution in [2.45, 2.75) is 184 Å². The molecule has 0 saturated carbocycles. The van der Waals surface area contributed by atoms with E-state index >= 15 is 0 Å². The highest BCUT2D eigenvalue weighted by Crippen LogP contribution is 2.41. The molecule has 37 nitrogen and oxygen atoms in total. The minimum Gasteiger partial charge on any atom is -0.477 e. The lowest BCUT2D eigenvalue weighted by molar-refractivity contribution is -0.386. The van der Waals surface area contributed by atoms with Gasteiger partial charge in [-0.05, 0) is 0 Å². The fraction of sp³-hybridized carbons (Fsp3) is 0.886. The minimum atomic E-state index is -3.40. The molecule has 81 heavy (non-hydrogen) atoms. The quantitative estimate of drug-likeness (QED) is 0.0382. The molecule has 0 unspecified atom stereocenters. The van der Waals surface area contributed by atoms with Gasteiger partial charge in [-0.3, -0.25) is 14.4 Å². The van der Waals surface area contributed by atoms with Crippen LogP contribution in [0, 0.1) is 0 Å². The fourth-order valence-corrected chi connectivity index (χ4v) is 9.94. The Morgan fingerprint density at radius 1 is 0.556 bits per heavy atom. The van der Waals surface area contributed by atoms with Gasteiger partial charge in [-0.2, -0.15) is 0 Å². The van der Waals surface area contributed by atoms with Crippen LogP contribution in [0.3, 0.4) is 0 Å². The normalized spacial score (nSPS) is 41.7. The van der Waals surface area contributed by atoms with Gasteiger partial charge < -0.3 is 160 Å². The summed E-state index contributed by atoms with van der Waals surface area (Å²) in [6, 6.07) is -5.85. The van der Waals surface area contributed by atoms with E-state index in [1.807, 2.05) is 0 Å². The Kier molecular flexibility index (Phi) is 24.7. The lowest BCUT2D eigenvalue weighted by Gasteiger charge is -2.52. The monoisotopic (exact) mass is 1190 g/mol. The number of carbonyl (C=O) groups is 5. The molecule has 0 aromatic carbocycles. The van der Waals surface area contributed by atoms with Crippen LogP contribution in [0.4, 0.5) is 0 Å². The molecule has 0 spiro atoms. The summed E-state index contributed by atoms with van der Waals surface area (Å²) in [5, 5.41) is 200. The molecule has 468 valence electrons. The molecule has 5 heterocycles. The molecule has 27 atom stereocenters. The van der Waals surface area contributed by atoms with E-state index in [4.69, 9.17) is 52.1 Å². The average molecular weight is 1190 g/mol. The molecular weight excluding hydrogens is 1110 g/mol. The molecular formula is C44H73N3O34. The number of ether oxygens (including phenoxy) is 11. The van der Waals surface area contributed by atoms with Crippen molar-refractivity contribution in [3.05, 3.63) is 0 Å². The Labute approximate surface area is 457 Å². The number of hydrogen-bond acceptors (Lipinski definition) is 32. The Bertz CT molecular complexity index is 2060. The van der Waals surface area contributed by atoms with Crippen LogP contribution in [0.15, 0.2) is 0 Å². The van der Waals surface area contributed by atoms with Crippen molar-refractivity contribution in [2.75, 3.05) is 60.5 Å². The highest BCUT2D eigenvalue weighted by atomic mass is 16.8. The number of carboxylic acid groups (broad SMARTS) is 2. The van der Waals surface area contributed by atoms with Gasteiger partial charge in [0.15, 0.2) is 18.9 Å². The maximum atomic E-state index is 13.6. The highest BCUT2D eigenvalue weighted by Gasteiger charge is 2.62. The first kappa shape index (κ1) is 68.1. The van der Waals surface area contributed by atoms with Crippen LogP contribution in [0.2, 0.25) is 0 Å². The van der Waals surface area contributed by atoms with Crippen molar-refractivity contribution in [2.24, 2.45) is 0 Å². The Morgan fingerprint density at radius 3 is 1.48 bits per heavy atom. The molecule has 5 fully saturated rings. The smallest absolute Gasteiger partial charge is 0.364 e. The summed E-state index contributed by atoms with van der Waals surface area (Å²) in [4.78, 5) is 64.9. The molecule has 0 bridgehead atoms. The number of carboxylic acids is 2. The van der Waals surface area contributed by atoms with E-state index in [1.54, 1.807) is 0 Å². The molecule has 0 aromatic heterocycles. The number of rotatable bonds is 26. The second-order valence-electron chi connectivity index (χ2n) is 19.5. The first-order valence-electron chi connectivity index (χ1n) is 25.0. The van der Waals surface area contributed by atoms with Gasteiger partial charge in [0.2, 0.25) is 17.7 Å².